The zero-order valence-electron chi connectivity index (χ0n) is 18.1. The van der Waals surface area contributed by atoms with Gasteiger partial charge in [0.2, 0.25) is 5.91 Å². The molecule has 0 saturated carbocycles. The molecule has 0 atom stereocenters. The molecule has 34 heavy (non-hydrogen) atoms. The van der Waals surface area contributed by atoms with Crippen molar-refractivity contribution in [1.82, 2.24) is 15.2 Å². The van der Waals surface area contributed by atoms with Gasteiger partial charge in [0.05, 0.1) is 29.8 Å². The summed E-state index contributed by atoms with van der Waals surface area (Å²) in [4.78, 5) is 25.7. The fraction of sp³-hybridized carbons (Fsp3) is 0.120. The number of carbonyl (C=O) groups excluding carboxylic acids is 1. The number of hydrogen-bond acceptors (Lipinski definition) is 4. The van der Waals surface area contributed by atoms with Crippen LogP contribution in [-0.2, 0) is 17.8 Å². The predicted octanol–water partition coefficient (Wildman–Crippen LogP) is 5.19. The van der Waals surface area contributed by atoms with Crippen LogP contribution in [0.5, 0.6) is 0 Å². The Morgan fingerprint density at radius 1 is 1.03 bits per heavy atom. The predicted molar refractivity (Wildman–Crippen MR) is 137 cm³/mol. The molecule has 4 aromatic rings. The topological polar surface area (TPSA) is 76.3 Å². The fourth-order valence-corrected chi connectivity index (χ4v) is 4.05. The van der Waals surface area contributed by atoms with E-state index in [9.17, 15) is 14.0 Å². The summed E-state index contributed by atoms with van der Waals surface area (Å²) in [6.45, 7) is 1.74. The number of hydrazone groups is 1. The van der Waals surface area contributed by atoms with E-state index < -0.39 is 5.82 Å². The molecule has 0 aliphatic carbocycles. The number of rotatable bonds is 6. The van der Waals surface area contributed by atoms with E-state index in [-0.39, 0.29) is 24.4 Å². The Kier molecular flexibility index (Phi) is 7.33. The van der Waals surface area contributed by atoms with Crippen LogP contribution in [-0.4, -0.2) is 21.4 Å². The Balaban J connectivity index is 1.62. The lowest BCUT2D eigenvalue weighted by Crippen LogP contribution is -2.28. The number of nitrogens with one attached hydrogen (secondary N) is 1. The molecule has 9 heteroatoms. The molecule has 0 aliphatic heterocycles. The number of carbonyl (C=O) groups is 1. The third kappa shape index (κ3) is 5.48. The van der Waals surface area contributed by atoms with Gasteiger partial charge in [0.1, 0.15) is 5.82 Å². The van der Waals surface area contributed by atoms with Crippen LogP contribution >= 0.6 is 31.9 Å². The summed E-state index contributed by atoms with van der Waals surface area (Å²) in [5.41, 5.74) is 4.44. The van der Waals surface area contributed by atoms with Crippen molar-refractivity contribution in [2.75, 3.05) is 0 Å². The quantitative estimate of drug-likeness (QED) is 0.250. The van der Waals surface area contributed by atoms with E-state index in [0.29, 0.717) is 32.2 Å². The van der Waals surface area contributed by atoms with Crippen LogP contribution in [0.1, 0.15) is 23.7 Å². The van der Waals surface area contributed by atoms with Crippen molar-refractivity contribution in [2.45, 2.75) is 19.9 Å². The van der Waals surface area contributed by atoms with Crippen molar-refractivity contribution >= 4 is 54.3 Å². The first-order valence-corrected chi connectivity index (χ1v) is 11.9. The van der Waals surface area contributed by atoms with Crippen molar-refractivity contribution in [3.63, 3.8) is 0 Å². The average Bonchev–Trinajstić information content (AvgIpc) is 2.82. The normalized spacial score (nSPS) is 11.6. The van der Waals surface area contributed by atoms with Crippen molar-refractivity contribution in [3.05, 3.63) is 109 Å². The van der Waals surface area contributed by atoms with Crippen LogP contribution < -0.4 is 11.0 Å². The minimum Gasteiger partial charge on any atom is -0.273 e. The second-order valence-corrected chi connectivity index (χ2v) is 9.44. The summed E-state index contributed by atoms with van der Waals surface area (Å²) in [6, 6.07) is 19.1. The molecule has 172 valence electrons. The highest BCUT2D eigenvalue weighted by molar-refractivity contribution is 9.10. The minimum absolute atomic E-state index is 0.0573. The first-order valence-electron chi connectivity index (χ1n) is 10.3. The Morgan fingerprint density at radius 2 is 1.71 bits per heavy atom. The zero-order valence-corrected chi connectivity index (χ0v) is 21.2. The number of nitrogens with zero attached hydrogens (tertiary/aromatic N) is 3. The van der Waals surface area contributed by atoms with Gasteiger partial charge < -0.3 is 0 Å². The van der Waals surface area contributed by atoms with Crippen molar-refractivity contribution in [2.24, 2.45) is 5.10 Å². The van der Waals surface area contributed by atoms with Gasteiger partial charge in [-0.25, -0.2) is 14.5 Å². The van der Waals surface area contributed by atoms with Crippen LogP contribution in [0.4, 0.5) is 4.39 Å². The van der Waals surface area contributed by atoms with Gasteiger partial charge in [-0.1, -0.05) is 68.3 Å². The van der Waals surface area contributed by atoms with E-state index in [1.54, 1.807) is 43.3 Å². The Hall–Kier alpha value is -3.17. The van der Waals surface area contributed by atoms with Gasteiger partial charge in [-0.05, 0) is 42.8 Å². The molecule has 0 unspecified atom stereocenters. The van der Waals surface area contributed by atoms with E-state index in [1.807, 2.05) is 24.3 Å². The number of hydrogen-bond donors (Lipinski definition) is 1. The van der Waals surface area contributed by atoms with Gasteiger partial charge in [-0.2, -0.15) is 10.2 Å². The third-order valence-electron chi connectivity index (χ3n) is 5.22. The largest absolute Gasteiger partial charge is 0.274 e. The molecule has 0 aliphatic rings. The van der Waals surface area contributed by atoms with Gasteiger partial charge in [-0.15, -0.1) is 0 Å². The first-order chi connectivity index (χ1) is 16.3. The molecule has 1 amide bonds. The fourth-order valence-electron chi connectivity index (χ4n) is 3.45. The first kappa shape index (κ1) is 24.0. The van der Waals surface area contributed by atoms with E-state index in [0.717, 1.165) is 10.0 Å². The van der Waals surface area contributed by atoms with Gasteiger partial charge >= 0.3 is 0 Å². The number of halogens is 3. The lowest BCUT2D eigenvalue weighted by atomic mass is 10.1. The lowest BCUT2D eigenvalue weighted by molar-refractivity contribution is -0.120. The molecule has 0 bridgehead atoms. The Morgan fingerprint density at radius 3 is 2.41 bits per heavy atom. The highest BCUT2D eigenvalue weighted by atomic mass is 79.9. The average molecular weight is 586 g/mol. The lowest BCUT2D eigenvalue weighted by Gasteiger charge is -2.11. The Labute approximate surface area is 211 Å². The smallest absolute Gasteiger partial charge is 0.273 e. The van der Waals surface area contributed by atoms with Gasteiger partial charge in [0.25, 0.3) is 5.56 Å². The monoisotopic (exact) mass is 584 g/mol. The van der Waals surface area contributed by atoms with Crippen LogP contribution in [0.3, 0.4) is 0 Å². The number of benzene rings is 3. The highest BCUT2D eigenvalue weighted by Gasteiger charge is 2.15. The van der Waals surface area contributed by atoms with E-state index in [1.165, 1.54) is 10.7 Å². The van der Waals surface area contributed by atoms with Crippen LogP contribution in [0, 0.1) is 5.82 Å². The third-order valence-corrected chi connectivity index (χ3v) is 6.24. The molecule has 0 spiro atoms. The van der Waals surface area contributed by atoms with Gasteiger partial charge in [0, 0.05) is 19.9 Å². The summed E-state index contributed by atoms with van der Waals surface area (Å²) in [6.07, 6.45) is -0.0965. The van der Waals surface area contributed by atoms with Crippen molar-refractivity contribution in [1.29, 1.82) is 0 Å². The maximum absolute atomic E-state index is 14.4. The number of aromatic nitrogens is 2. The molecule has 0 fully saturated rings. The maximum Gasteiger partial charge on any atom is 0.274 e. The highest BCUT2D eigenvalue weighted by Crippen LogP contribution is 2.18. The molecule has 4 rings (SSSR count). The molecular formula is C25H19Br2FN4O2. The van der Waals surface area contributed by atoms with Gasteiger partial charge in [0.15, 0.2) is 0 Å². The summed E-state index contributed by atoms with van der Waals surface area (Å²) in [5, 5.41) is 9.57. The molecule has 0 radical (unpaired) electrons. The molecular weight excluding hydrogens is 567 g/mol. The SMILES string of the molecule is C/C(=N\NC(=O)Cc1nn(Cc2ccc(Br)cc2F)c(=O)c2ccccc12)c1ccc(Br)cc1. The van der Waals surface area contributed by atoms with E-state index in [2.05, 4.69) is 47.5 Å². The minimum atomic E-state index is -0.451. The van der Waals surface area contributed by atoms with Crippen molar-refractivity contribution < 1.29 is 9.18 Å². The standard InChI is InChI=1S/C25H19Br2FN4O2/c1-15(16-6-9-18(26)10-7-16)29-30-24(33)13-23-20-4-2-3-5-21(20)25(34)32(31-23)14-17-8-11-19(27)12-22(17)28/h2-12H,13-14H2,1H3,(H,30,33)/b29-15+. The Bertz CT molecular complexity index is 1470. The second-order valence-electron chi connectivity index (χ2n) is 7.61. The summed E-state index contributed by atoms with van der Waals surface area (Å²) in [5.74, 6) is -0.831. The molecule has 6 nitrogen and oxygen atoms in total. The molecule has 1 N–H and O–H groups in total. The van der Waals surface area contributed by atoms with Crippen LogP contribution in [0.25, 0.3) is 10.8 Å². The molecule has 3 aromatic carbocycles. The second kappa shape index (κ2) is 10.4. The summed E-state index contributed by atoms with van der Waals surface area (Å²) in [7, 11) is 0. The molecule has 0 saturated heterocycles. The summed E-state index contributed by atoms with van der Waals surface area (Å²) < 4.78 is 17.1. The van der Waals surface area contributed by atoms with E-state index >= 15 is 0 Å². The van der Waals surface area contributed by atoms with Crippen LogP contribution in [0.2, 0.25) is 0 Å². The van der Waals surface area contributed by atoms with Crippen LogP contribution in [0.15, 0.2) is 85.6 Å². The van der Waals surface area contributed by atoms with Crippen molar-refractivity contribution in [3.8, 4) is 0 Å². The number of amides is 1. The zero-order chi connectivity index (χ0) is 24.2. The number of fused-ring (bicyclic) bond motifs is 1. The summed E-state index contributed by atoms with van der Waals surface area (Å²) >= 11 is 6.62. The van der Waals surface area contributed by atoms with Gasteiger partial charge in [-0.3, -0.25) is 9.59 Å². The molecule has 1 aromatic heterocycles. The van der Waals surface area contributed by atoms with E-state index in [4.69, 9.17) is 0 Å². The maximum atomic E-state index is 14.4. The molecule has 1 heterocycles.